The van der Waals surface area contributed by atoms with Crippen molar-refractivity contribution in [3.8, 4) is 0 Å². The third-order valence-corrected chi connectivity index (χ3v) is 10.3. The summed E-state index contributed by atoms with van der Waals surface area (Å²) in [5.41, 5.74) is 1.84. The second-order valence-corrected chi connectivity index (χ2v) is 14.6. The molecule has 0 saturated heterocycles. The highest BCUT2D eigenvalue weighted by Gasteiger charge is 2.51. The van der Waals surface area contributed by atoms with E-state index in [0.29, 0.717) is 12.4 Å². The first-order valence-corrected chi connectivity index (χ1v) is 13.9. The van der Waals surface area contributed by atoms with Gasteiger partial charge in [0.1, 0.15) is 0 Å². The summed E-state index contributed by atoms with van der Waals surface area (Å²) in [6, 6.07) is 9.35. The lowest BCUT2D eigenvalue weighted by atomic mass is 9.83. The monoisotopic (exact) mass is 458 g/mol. The predicted octanol–water partition coefficient (Wildman–Crippen LogP) is 3.32. The van der Waals surface area contributed by atoms with Gasteiger partial charge in [0, 0.05) is 5.56 Å². The van der Waals surface area contributed by atoms with Gasteiger partial charge in [-0.2, -0.15) is 5.10 Å². The number of hydrogen-bond acceptors (Lipinski definition) is 4. The number of nitrogens with zero attached hydrogens (tertiary/aromatic N) is 2. The summed E-state index contributed by atoms with van der Waals surface area (Å²) in [5.74, 6) is -0.211. The molecule has 1 aliphatic carbocycles. The van der Waals surface area contributed by atoms with Gasteiger partial charge in [-0.1, -0.05) is 30.3 Å². The van der Waals surface area contributed by atoms with Crippen molar-refractivity contribution in [3.05, 3.63) is 47.2 Å². The highest BCUT2D eigenvalue weighted by atomic mass is 32.3. The Balaban J connectivity index is 1.59. The molecule has 2 amide bonds. The number of anilines is 1. The van der Waals surface area contributed by atoms with Crippen molar-refractivity contribution in [2.24, 2.45) is 0 Å². The predicted molar refractivity (Wildman–Crippen MR) is 129 cm³/mol. The number of aromatic nitrogens is 2. The molecule has 4 rings (SSSR count). The van der Waals surface area contributed by atoms with Crippen molar-refractivity contribution in [2.45, 2.75) is 55.9 Å². The standard InChI is InChI=1S/C24H34N4O3S/c1-23(2)19-17(14-28(23)21(30)18(15-29)16-10-7-6-8-11-16)20(27-26-19)25-22(31)24(12-9-13-24)32(3,4)5/h6-8,10-11,18,29H,9,12-15H2,1-5H3,(H2,25,26,27,31)/t18-/m0/s1. The Morgan fingerprint density at radius 3 is 2.41 bits per heavy atom. The van der Waals surface area contributed by atoms with Gasteiger partial charge in [0.25, 0.3) is 0 Å². The second-order valence-electron chi connectivity index (χ2n) is 10.2. The van der Waals surface area contributed by atoms with Crippen molar-refractivity contribution >= 4 is 27.7 Å². The fraction of sp³-hybridized carbons (Fsp3) is 0.542. The molecule has 0 spiro atoms. The number of amides is 2. The lowest BCUT2D eigenvalue weighted by Gasteiger charge is -2.53. The molecule has 2 aliphatic rings. The van der Waals surface area contributed by atoms with Crippen LogP contribution >= 0.6 is 10.0 Å². The van der Waals surface area contributed by atoms with Crippen LogP contribution < -0.4 is 5.32 Å². The zero-order valence-electron chi connectivity index (χ0n) is 19.6. The Morgan fingerprint density at radius 2 is 1.88 bits per heavy atom. The number of H-pyrrole nitrogens is 1. The Kier molecular flexibility index (Phi) is 5.66. The fourth-order valence-electron chi connectivity index (χ4n) is 5.01. The van der Waals surface area contributed by atoms with E-state index in [2.05, 4.69) is 34.3 Å². The molecule has 1 fully saturated rings. The SMILES string of the molecule is CC1(C)c2[nH]nc(NC(=O)C3(S(C)(C)C)CCC3)c2CN1C(=O)[C@@H](CO)c1ccccc1. The average Bonchev–Trinajstić information content (AvgIpc) is 3.19. The molecule has 8 heteroatoms. The van der Waals surface area contributed by atoms with Crippen molar-refractivity contribution in [3.63, 3.8) is 0 Å². The number of aliphatic hydroxyl groups excluding tert-OH is 1. The molecular weight excluding hydrogens is 424 g/mol. The van der Waals surface area contributed by atoms with Gasteiger partial charge in [0.05, 0.1) is 35.0 Å². The summed E-state index contributed by atoms with van der Waals surface area (Å²) >= 11 is 0. The van der Waals surface area contributed by atoms with E-state index in [0.717, 1.165) is 36.1 Å². The normalized spacial score (nSPS) is 20.2. The number of hydrogen-bond donors (Lipinski definition) is 3. The highest BCUT2D eigenvalue weighted by Crippen LogP contribution is 2.60. The van der Waals surface area contributed by atoms with Crippen molar-refractivity contribution in [1.29, 1.82) is 0 Å². The molecule has 2 aromatic rings. The van der Waals surface area contributed by atoms with Crippen LogP contribution in [0.2, 0.25) is 0 Å². The molecule has 1 atom stereocenters. The third-order valence-electron chi connectivity index (χ3n) is 7.40. The van der Waals surface area contributed by atoms with Crippen LogP contribution in [0.15, 0.2) is 30.3 Å². The summed E-state index contributed by atoms with van der Waals surface area (Å²) in [4.78, 5) is 28.6. The quantitative estimate of drug-likeness (QED) is 0.618. The maximum atomic E-state index is 13.5. The minimum atomic E-state index is -1.08. The zero-order valence-corrected chi connectivity index (χ0v) is 20.4. The van der Waals surface area contributed by atoms with Crippen molar-refractivity contribution < 1.29 is 14.7 Å². The number of carbonyl (C=O) groups is 2. The van der Waals surface area contributed by atoms with Crippen molar-refractivity contribution in [2.75, 3.05) is 30.7 Å². The van der Waals surface area contributed by atoms with Gasteiger partial charge in [-0.15, -0.1) is 0 Å². The summed E-state index contributed by atoms with van der Waals surface area (Å²) < 4.78 is -0.308. The van der Waals surface area contributed by atoms with Gasteiger partial charge < -0.3 is 15.3 Å². The van der Waals surface area contributed by atoms with Gasteiger partial charge >= 0.3 is 0 Å². The summed E-state index contributed by atoms with van der Waals surface area (Å²) in [7, 11) is -1.08. The summed E-state index contributed by atoms with van der Waals surface area (Å²) in [5, 5.41) is 20.6. The summed E-state index contributed by atoms with van der Waals surface area (Å²) in [6.45, 7) is 4.01. The Bertz CT molecular complexity index is 1020. The number of aliphatic hydroxyl groups is 1. The second kappa shape index (κ2) is 7.92. The van der Waals surface area contributed by atoms with E-state index in [4.69, 9.17) is 0 Å². The van der Waals surface area contributed by atoms with Crippen LogP contribution in [0.1, 0.15) is 55.8 Å². The Morgan fingerprint density at radius 1 is 1.22 bits per heavy atom. The van der Waals surface area contributed by atoms with Gasteiger partial charge in [-0.05, 0) is 57.4 Å². The number of carbonyl (C=O) groups excluding carboxylic acids is 2. The van der Waals surface area contributed by atoms with Crippen LogP contribution in [0.25, 0.3) is 0 Å². The van der Waals surface area contributed by atoms with E-state index < -0.39 is 21.5 Å². The van der Waals surface area contributed by atoms with Gasteiger partial charge in [-0.25, -0.2) is 10.0 Å². The van der Waals surface area contributed by atoms with E-state index in [1.54, 1.807) is 4.90 Å². The first kappa shape index (κ1) is 22.9. The van der Waals surface area contributed by atoms with Gasteiger partial charge in [0.15, 0.2) is 5.82 Å². The van der Waals surface area contributed by atoms with Crippen LogP contribution in [-0.2, 0) is 21.7 Å². The van der Waals surface area contributed by atoms with E-state index >= 15 is 0 Å². The highest BCUT2D eigenvalue weighted by molar-refractivity contribution is 8.33. The Hall–Kier alpha value is -2.32. The lowest BCUT2D eigenvalue weighted by molar-refractivity contribution is -0.139. The number of benzene rings is 1. The maximum absolute atomic E-state index is 13.5. The largest absolute Gasteiger partial charge is 0.395 e. The number of nitrogens with one attached hydrogen (secondary N) is 2. The fourth-order valence-corrected chi connectivity index (χ4v) is 7.13. The molecule has 32 heavy (non-hydrogen) atoms. The molecule has 0 bridgehead atoms. The molecule has 2 heterocycles. The van der Waals surface area contributed by atoms with Crippen molar-refractivity contribution in [1.82, 2.24) is 15.1 Å². The van der Waals surface area contributed by atoms with Crippen LogP contribution in [-0.4, -0.2) is 62.1 Å². The lowest BCUT2D eigenvalue weighted by Crippen LogP contribution is -2.51. The third kappa shape index (κ3) is 3.44. The molecular formula is C24H34N4O3S. The van der Waals surface area contributed by atoms with E-state index in [1.165, 1.54) is 0 Å². The molecule has 1 aromatic carbocycles. The smallest absolute Gasteiger partial charge is 0.240 e. The maximum Gasteiger partial charge on any atom is 0.240 e. The van der Waals surface area contributed by atoms with E-state index in [1.807, 2.05) is 44.2 Å². The molecule has 1 aliphatic heterocycles. The summed E-state index contributed by atoms with van der Waals surface area (Å²) in [6.07, 6.45) is 9.49. The Labute approximate surface area is 191 Å². The van der Waals surface area contributed by atoms with Crippen LogP contribution in [0.3, 0.4) is 0 Å². The molecule has 7 nitrogen and oxygen atoms in total. The first-order valence-electron chi connectivity index (χ1n) is 11.1. The minimum Gasteiger partial charge on any atom is -0.395 e. The van der Waals surface area contributed by atoms with Gasteiger partial charge in [0.2, 0.25) is 11.8 Å². The molecule has 0 radical (unpaired) electrons. The molecule has 3 N–H and O–H groups in total. The average molecular weight is 459 g/mol. The van der Waals surface area contributed by atoms with E-state index in [9.17, 15) is 14.7 Å². The molecule has 1 aromatic heterocycles. The van der Waals surface area contributed by atoms with Crippen LogP contribution in [0.4, 0.5) is 5.82 Å². The molecule has 1 saturated carbocycles. The zero-order chi connectivity index (χ0) is 23.3. The number of aromatic amines is 1. The molecule has 0 unspecified atom stereocenters. The van der Waals surface area contributed by atoms with Crippen LogP contribution in [0, 0.1) is 0 Å². The minimum absolute atomic E-state index is 0.0423. The van der Waals surface area contributed by atoms with Crippen LogP contribution in [0.5, 0.6) is 0 Å². The first-order chi connectivity index (χ1) is 15.0. The van der Waals surface area contributed by atoms with E-state index in [-0.39, 0.29) is 23.2 Å². The molecule has 174 valence electrons. The number of fused-ring (bicyclic) bond motifs is 1. The number of rotatable bonds is 6. The topological polar surface area (TPSA) is 98.3 Å². The van der Waals surface area contributed by atoms with Gasteiger partial charge in [-0.3, -0.25) is 14.7 Å².